The summed E-state index contributed by atoms with van der Waals surface area (Å²) in [5.74, 6) is -1.74. The highest BCUT2D eigenvalue weighted by Gasteiger charge is 2.27. The largest absolute Gasteiger partial charge is 0.459 e. The number of hydrogen-bond donors (Lipinski definition) is 3. The molecule has 2 heterocycles. The number of aromatic nitrogens is 4. The van der Waals surface area contributed by atoms with E-state index in [4.69, 9.17) is 24.3 Å². The number of carbonyl (C=O) groups is 4. The summed E-state index contributed by atoms with van der Waals surface area (Å²) in [6.07, 6.45) is 0. The number of nitrogens with zero attached hydrogens (tertiary/aromatic N) is 7. The molecule has 438 valence electrons. The maximum atomic E-state index is 13.3. The number of esters is 2. The number of non-ortho nitro benzene ring substituents is 1. The molecule has 84 heavy (non-hydrogen) atoms. The number of nitrogens with two attached hydrogens (primary N) is 1. The third-order valence-electron chi connectivity index (χ3n) is 11.7. The number of carbonyl (C=O) groups excluding carboxylic acids is 4. The van der Waals surface area contributed by atoms with Gasteiger partial charge in [0.1, 0.15) is 24.3 Å². The van der Waals surface area contributed by atoms with E-state index >= 15 is 0 Å². The molecule has 0 aliphatic heterocycles. The Balaban J connectivity index is 0.000000241. The van der Waals surface area contributed by atoms with E-state index in [2.05, 4.69) is 29.7 Å². The van der Waals surface area contributed by atoms with Crippen LogP contribution in [-0.4, -0.2) is 99.9 Å². The van der Waals surface area contributed by atoms with Crippen LogP contribution < -0.4 is 15.2 Å². The second-order valence-electron chi connectivity index (χ2n) is 21.0. The monoisotopic (exact) mass is 1180 g/mol. The van der Waals surface area contributed by atoms with Gasteiger partial charge < -0.3 is 34.1 Å². The molecule has 0 aliphatic carbocycles. The van der Waals surface area contributed by atoms with Gasteiger partial charge in [-0.05, 0) is 127 Å². The Morgan fingerprint density at radius 3 is 1.23 bits per heavy atom. The first-order chi connectivity index (χ1) is 39.5. The van der Waals surface area contributed by atoms with Gasteiger partial charge in [0.25, 0.3) is 37.5 Å². The summed E-state index contributed by atoms with van der Waals surface area (Å²) in [4.78, 5) is 73.2. The van der Waals surface area contributed by atoms with Crippen LogP contribution in [0.2, 0.25) is 0 Å². The van der Waals surface area contributed by atoms with Gasteiger partial charge in [0.15, 0.2) is 0 Å². The van der Waals surface area contributed by atoms with E-state index in [9.17, 15) is 46.1 Å². The van der Waals surface area contributed by atoms with Crippen molar-refractivity contribution in [2.75, 3.05) is 28.3 Å². The van der Waals surface area contributed by atoms with E-state index in [0.717, 1.165) is 16.7 Å². The highest BCUT2D eigenvalue weighted by molar-refractivity contribution is 7.93. The maximum Gasteiger partial charge on any atom is 0.335 e. The zero-order chi connectivity index (χ0) is 61.1. The Bertz CT molecular complexity index is 3860. The first-order valence-corrected chi connectivity index (χ1v) is 28.6. The molecule has 2 aromatic heterocycles. The average Bonchev–Trinajstić information content (AvgIpc) is 4.10. The normalized spacial score (nSPS) is 11.6. The fraction of sp³-hybridized carbons (Fsp3) is 0.241. The number of anilines is 3. The summed E-state index contributed by atoms with van der Waals surface area (Å²) in [6.45, 7) is 13.6. The maximum absolute atomic E-state index is 13.3. The Kier molecular flexibility index (Phi) is 19.1. The Morgan fingerprint density at radius 2 is 0.893 bits per heavy atom. The van der Waals surface area contributed by atoms with Gasteiger partial charge in [-0.25, -0.2) is 26.3 Å². The SMILES string of the molecule is Cc1ccc(S(=O)(=O)Nc2nc(-c3ccc(CN(CC(=O)OC(C)(C)C)C(=O)c4ccc(N)cc4)cc3)no2)cc1.Cc1ccc(S(=O)(=O)Nc2nc(-c3ccc(CN(CC(=O)OC(C)(C)C)C(=O)c4ccc([N+](=O)[O-])cc4)cc3)no2)cc1. The highest BCUT2D eigenvalue weighted by atomic mass is 32.2. The van der Waals surface area contributed by atoms with E-state index in [-0.39, 0.29) is 76.8 Å². The van der Waals surface area contributed by atoms with Gasteiger partial charge in [-0.2, -0.15) is 9.97 Å². The molecular formula is C58H60N10O14S2. The molecule has 0 aliphatic rings. The Morgan fingerprint density at radius 1 is 0.548 bits per heavy atom. The van der Waals surface area contributed by atoms with E-state index in [1.54, 1.807) is 139 Å². The van der Waals surface area contributed by atoms with Crippen molar-refractivity contribution in [1.29, 1.82) is 0 Å². The van der Waals surface area contributed by atoms with Crippen molar-refractivity contribution < 1.29 is 59.5 Å². The molecule has 0 unspecified atom stereocenters. The number of ether oxygens (including phenoxy) is 2. The van der Waals surface area contributed by atoms with Crippen molar-refractivity contribution in [1.82, 2.24) is 30.1 Å². The van der Waals surface area contributed by atoms with Crippen LogP contribution in [0.5, 0.6) is 0 Å². The van der Waals surface area contributed by atoms with E-state index in [1.165, 1.54) is 58.3 Å². The Hall–Kier alpha value is -9.82. The summed E-state index contributed by atoms with van der Waals surface area (Å²) in [6, 6.07) is 37.1. The van der Waals surface area contributed by atoms with Crippen molar-refractivity contribution in [2.24, 2.45) is 0 Å². The fourth-order valence-electron chi connectivity index (χ4n) is 7.68. The van der Waals surface area contributed by atoms with Gasteiger partial charge in [0, 0.05) is 53.2 Å². The van der Waals surface area contributed by atoms with Crippen LogP contribution >= 0.6 is 0 Å². The molecule has 26 heteroatoms. The lowest BCUT2D eigenvalue weighted by Gasteiger charge is -2.25. The topological polar surface area (TPSA) is 333 Å². The standard InChI is InChI=1S/C29H29N5O8S.C29H31N5O6S/c1-19-5-15-24(16-6-19)43(39,40)32-28-30-26(31-42-28)21-9-7-20(8-10-21)17-33(18-25(35)41-29(2,3)4)27(36)22-11-13-23(14-12-22)34(37)38;1-19-5-15-24(16-6-19)41(37,38)33-28-31-26(32-40-28)21-9-7-20(8-10-21)17-34(18-25(35)39-29(2,3)4)27(36)22-11-13-23(30)14-12-22/h5-16H,17-18H2,1-4H3,(H,30,31,32);5-16H,17-18,30H2,1-4H3,(H,31,32,33). The van der Waals surface area contributed by atoms with Crippen LogP contribution in [0.4, 0.5) is 23.4 Å². The number of nitrogens with one attached hydrogen (secondary N) is 2. The molecule has 0 spiro atoms. The molecule has 0 saturated carbocycles. The van der Waals surface area contributed by atoms with Crippen molar-refractivity contribution >= 4 is 67.2 Å². The molecule has 8 aromatic rings. The van der Waals surface area contributed by atoms with Crippen molar-refractivity contribution in [3.8, 4) is 22.8 Å². The smallest absolute Gasteiger partial charge is 0.335 e. The lowest BCUT2D eigenvalue weighted by Crippen LogP contribution is -2.38. The number of benzene rings is 6. The average molecular weight is 1190 g/mol. The van der Waals surface area contributed by atoms with Crippen LogP contribution in [-0.2, 0) is 52.2 Å². The van der Waals surface area contributed by atoms with Crippen LogP contribution in [0.1, 0.15) is 84.5 Å². The summed E-state index contributed by atoms with van der Waals surface area (Å²) in [5, 5.41) is 18.7. The van der Waals surface area contributed by atoms with Crippen LogP contribution in [0, 0.1) is 24.0 Å². The van der Waals surface area contributed by atoms with Crippen molar-refractivity contribution in [3.05, 3.63) is 189 Å². The van der Waals surface area contributed by atoms with Gasteiger partial charge in [-0.1, -0.05) is 94.2 Å². The van der Waals surface area contributed by atoms with Crippen molar-refractivity contribution in [3.63, 3.8) is 0 Å². The first kappa shape index (κ1) is 61.8. The zero-order valence-electron chi connectivity index (χ0n) is 46.9. The van der Waals surface area contributed by atoms with Crippen molar-refractivity contribution in [2.45, 2.75) is 89.5 Å². The van der Waals surface area contributed by atoms with Gasteiger partial charge in [0.2, 0.25) is 11.6 Å². The number of nitro benzene ring substituents is 1. The third kappa shape index (κ3) is 17.6. The summed E-state index contributed by atoms with van der Waals surface area (Å²) < 4.78 is 76.1. The molecule has 4 N–H and O–H groups in total. The second-order valence-corrected chi connectivity index (χ2v) is 24.4. The van der Waals surface area contributed by atoms with E-state index in [1.807, 2.05) is 13.8 Å². The second kappa shape index (κ2) is 26.0. The first-order valence-electron chi connectivity index (χ1n) is 25.7. The number of nitro groups is 1. The van der Waals surface area contributed by atoms with Crippen LogP contribution in [0.25, 0.3) is 22.8 Å². The number of rotatable bonds is 19. The Labute approximate surface area is 484 Å². The summed E-state index contributed by atoms with van der Waals surface area (Å²) in [5.41, 5.74) is 9.45. The molecular weight excluding hydrogens is 1120 g/mol. The minimum absolute atomic E-state index is 0.0171. The van der Waals surface area contributed by atoms with E-state index in [0.29, 0.717) is 27.9 Å². The third-order valence-corrected chi connectivity index (χ3v) is 14.3. The number of nitrogen functional groups attached to an aromatic ring is 1. The van der Waals surface area contributed by atoms with Gasteiger partial charge in [0.05, 0.1) is 14.7 Å². The molecule has 0 saturated heterocycles. The minimum atomic E-state index is -3.93. The molecule has 0 radical (unpaired) electrons. The quantitative estimate of drug-likeness (QED) is 0.0294. The van der Waals surface area contributed by atoms with Gasteiger partial charge in [-0.15, -0.1) is 0 Å². The van der Waals surface area contributed by atoms with Gasteiger partial charge >= 0.3 is 24.0 Å². The molecule has 2 amide bonds. The molecule has 6 aromatic carbocycles. The summed E-state index contributed by atoms with van der Waals surface area (Å²) in [7, 11) is -7.84. The number of sulfonamides is 2. The van der Waals surface area contributed by atoms with Crippen LogP contribution in [0.15, 0.2) is 164 Å². The summed E-state index contributed by atoms with van der Waals surface area (Å²) >= 11 is 0. The molecule has 8 rings (SSSR count). The van der Waals surface area contributed by atoms with Gasteiger partial charge in [-0.3, -0.25) is 29.3 Å². The predicted molar refractivity (Wildman–Crippen MR) is 309 cm³/mol. The number of hydrogen-bond acceptors (Lipinski definition) is 19. The van der Waals surface area contributed by atoms with Crippen LogP contribution in [0.3, 0.4) is 0 Å². The molecule has 0 fully saturated rings. The number of aryl methyl sites for hydroxylation is 2. The molecule has 24 nitrogen and oxygen atoms in total. The molecule has 0 atom stereocenters. The number of amides is 2. The predicted octanol–water partition coefficient (Wildman–Crippen LogP) is 9.15. The molecule has 0 bridgehead atoms. The highest BCUT2D eigenvalue weighted by Crippen LogP contribution is 2.25. The van der Waals surface area contributed by atoms with E-state index < -0.39 is 54.0 Å². The zero-order valence-corrected chi connectivity index (χ0v) is 48.6. The fourth-order valence-corrected chi connectivity index (χ4v) is 9.53. The lowest BCUT2D eigenvalue weighted by atomic mass is 10.1. The minimum Gasteiger partial charge on any atom is -0.459 e. The lowest BCUT2D eigenvalue weighted by molar-refractivity contribution is -0.384.